The van der Waals surface area contributed by atoms with Gasteiger partial charge >= 0.3 is 19.9 Å². The van der Waals surface area contributed by atoms with Crippen LogP contribution < -0.4 is 11.4 Å². The number of nitrogens with zero attached hydrogens (tertiary/aromatic N) is 2. The van der Waals surface area contributed by atoms with Crippen molar-refractivity contribution in [2.75, 3.05) is 12.3 Å². The second kappa shape index (κ2) is 9.39. The summed E-state index contributed by atoms with van der Waals surface area (Å²) in [5.74, 6) is -1.39. The van der Waals surface area contributed by atoms with Gasteiger partial charge in [-0.1, -0.05) is 34.9 Å². The smallest absolute Gasteiger partial charge is 0.479 e. The Morgan fingerprint density at radius 1 is 1.27 bits per heavy atom. The third-order valence-electron chi connectivity index (χ3n) is 4.33. The molecule has 0 aliphatic carbocycles. The molecule has 6 atom stereocenters. The van der Waals surface area contributed by atoms with Gasteiger partial charge in [0.1, 0.15) is 30.7 Å². The van der Waals surface area contributed by atoms with Crippen molar-refractivity contribution in [2.45, 2.75) is 30.6 Å². The summed E-state index contributed by atoms with van der Waals surface area (Å²) in [5, 5.41) is 29.6. The number of carboxylic acid groups (broad SMARTS) is 1. The first-order valence-corrected chi connectivity index (χ1v) is 9.78. The van der Waals surface area contributed by atoms with Gasteiger partial charge < -0.3 is 25.8 Å². The minimum atomic E-state index is -2.91. The summed E-state index contributed by atoms with van der Waals surface area (Å²) < 4.78 is 28.4. The average Bonchev–Trinajstić information content (AvgIpc) is 2.99. The normalized spacial score (nSPS) is 25.1. The van der Waals surface area contributed by atoms with Gasteiger partial charge in [-0.2, -0.15) is 4.98 Å². The van der Waals surface area contributed by atoms with E-state index in [0.29, 0.717) is 0 Å². The first kappa shape index (κ1) is 22.0. The van der Waals surface area contributed by atoms with E-state index in [1.165, 1.54) is 24.4 Å². The molecule has 1 saturated heterocycles. The Morgan fingerprint density at radius 2 is 1.97 bits per heavy atom. The summed E-state index contributed by atoms with van der Waals surface area (Å²) in [5.41, 5.74) is 4.88. The lowest BCUT2D eigenvalue weighted by Crippen LogP contribution is -2.36. The molecular weight excluding hydrogens is 421 g/mol. The molecule has 0 spiro atoms. The van der Waals surface area contributed by atoms with E-state index < -0.39 is 57.2 Å². The van der Waals surface area contributed by atoms with E-state index >= 15 is 0 Å². The van der Waals surface area contributed by atoms with E-state index in [4.69, 9.17) is 19.5 Å². The molecule has 30 heavy (non-hydrogen) atoms. The molecule has 2 heterocycles. The van der Waals surface area contributed by atoms with Crippen molar-refractivity contribution in [3.05, 3.63) is 58.6 Å². The van der Waals surface area contributed by atoms with Gasteiger partial charge in [0.15, 0.2) is 6.23 Å². The molecule has 0 saturated carbocycles. The number of aliphatic hydroxyl groups is 2. The maximum Gasteiger partial charge on any atom is 0.698 e. The standard InChI is InChI=1S/C17H18N3O9P/c18-11-6-7-20(17(25)19-11)15-13(22)12(21)10(28-15)8-27-30(26)29-14(16(23)24)9-4-2-1-3-5-9/h1-7,10,12-15,21-22H,8H2,(H2-,18,19,23,24,25)/p+1/t10-,12-,13-,14-,15-/m1/s1. The molecule has 160 valence electrons. The van der Waals surface area contributed by atoms with Crippen molar-refractivity contribution in [3.63, 3.8) is 0 Å². The number of aliphatic carboxylic acids is 1. The van der Waals surface area contributed by atoms with Gasteiger partial charge in [0, 0.05) is 10.8 Å². The Morgan fingerprint density at radius 3 is 2.60 bits per heavy atom. The molecular formula is C17H19N3O9P+. The molecule has 0 amide bonds. The maximum atomic E-state index is 12.1. The lowest BCUT2D eigenvalue weighted by Gasteiger charge is -2.16. The predicted molar refractivity (Wildman–Crippen MR) is 100 cm³/mol. The van der Waals surface area contributed by atoms with E-state index in [0.717, 1.165) is 4.57 Å². The summed E-state index contributed by atoms with van der Waals surface area (Å²) in [7, 11) is -2.91. The van der Waals surface area contributed by atoms with Crippen molar-refractivity contribution < 1.29 is 38.5 Å². The number of aromatic nitrogens is 2. The molecule has 0 radical (unpaired) electrons. The van der Waals surface area contributed by atoms with Crippen LogP contribution in [-0.4, -0.2) is 55.8 Å². The molecule has 5 N–H and O–H groups in total. The summed E-state index contributed by atoms with van der Waals surface area (Å²) in [6.07, 6.45) is -5.71. The lowest BCUT2D eigenvalue weighted by molar-refractivity contribution is -0.145. The number of rotatable bonds is 8. The zero-order chi connectivity index (χ0) is 21.8. The minimum absolute atomic E-state index is 0.0234. The SMILES string of the molecule is Nc1ccn([C@@H]2O[C@H](CO[P+](=O)O[C@@H](C(=O)O)c3ccccc3)[C@@H](O)[C@H]2O)c(=O)n1. The number of aliphatic hydroxyl groups excluding tert-OH is 2. The van der Waals surface area contributed by atoms with Gasteiger partial charge in [0.2, 0.25) is 6.10 Å². The van der Waals surface area contributed by atoms with Crippen LogP contribution in [0.3, 0.4) is 0 Å². The Labute approximate surface area is 170 Å². The zero-order valence-electron chi connectivity index (χ0n) is 15.3. The van der Waals surface area contributed by atoms with Gasteiger partial charge in [0.05, 0.1) is 0 Å². The number of ether oxygens (including phenoxy) is 1. The highest BCUT2D eigenvalue weighted by Gasteiger charge is 2.46. The van der Waals surface area contributed by atoms with Crippen LogP contribution in [0.4, 0.5) is 5.82 Å². The number of anilines is 1. The molecule has 1 unspecified atom stereocenters. The highest BCUT2D eigenvalue weighted by Crippen LogP contribution is 2.36. The minimum Gasteiger partial charge on any atom is -0.479 e. The predicted octanol–water partition coefficient (Wildman–Crippen LogP) is -0.0388. The second-order valence-electron chi connectivity index (χ2n) is 6.34. The Bertz CT molecular complexity index is 970. The molecule has 1 aromatic heterocycles. The first-order valence-electron chi connectivity index (χ1n) is 8.69. The second-order valence-corrected chi connectivity index (χ2v) is 7.26. The lowest BCUT2D eigenvalue weighted by atomic mass is 10.1. The Balaban J connectivity index is 1.62. The number of carbonyl (C=O) groups is 1. The zero-order valence-corrected chi connectivity index (χ0v) is 16.2. The fourth-order valence-corrected chi connectivity index (χ4v) is 3.56. The molecule has 12 nitrogen and oxygen atoms in total. The largest absolute Gasteiger partial charge is 0.698 e. The number of hydrogen-bond donors (Lipinski definition) is 4. The van der Waals surface area contributed by atoms with Gasteiger partial charge in [-0.15, -0.1) is 4.52 Å². The van der Waals surface area contributed by atoms with Crippen molar-refractivity contribution in [3.8, 4) is 0 Å². The van der Waals surface area contributed by atoms with E-state index in [-0.39, 0.29) is 11.4 Å². The quantitative estimate of drug-likeness (QED) is 0.404. The maximum absolute atomic E-state index is 12.1. The number of benzene rings is 1. The fourth-order valence-electron chi connectivity index (χ4n) is 2.84. The number of hydrogen-bond acceptors (Lipinski definition) is 10. The van der Waals surface area contributed by atoms with Crippen molar-refractivity contribution in [1.29, 1.82) is 0 Å². The average molecular weight is 440 g/mol. The molecule has 1 fully saturated rings. The fraction of sp³-hybridized carbons (Fsp3) is 0.353. The molecule has 3 rings (SSSR count). The van der Waals surface area contributed by atoms with Crippen LogP contribution in [-0.2, 0) is 23.1 Å². The summed E-state index contributed by atoms with van der Waals surface area (Å²) in [4.78, 5) is 26.8. The number of nitrogen functional groups attached to an aromatic ring is 1. The van der Waals surface area contributed by atoms with Crippen LogP contribution in [0.15, 0.2) is 47.4 Å². The van der Waals surface area contributed by atoms with Crippen LogP contribution in [0.25, 0.3) is 0 Å². The topological polar surface area (TPSA) is 183 Å². The molecule has 1 aromatic carbocycles. The molecule has 1 aliphatic rings. The van der Waals surface area contributed by atoms with Crippen molar-refractivity contribution in [2.24, 2.45) is 0 Å². The van der Waals surface area contributed by atoms with Crippen molar-refractivity contribution in [1.82, 2.24) is 9.55 Å². The highest BCUT2D eigenvalue weighted by molar-refractivity contribution is 7.33. The van der Waals surface area contributed by atoms with Crippen LogP contribution >= 0.6 is 8.25 Å². The molecule has 2 aromatic rings. The van der Waals surface area contributed by atoms with Gasteiger partial charge in [-0.25, -0.2) is 9.59 Å². The molecule has 0 bridgehead atoms. The third kappa shape index (κ3) is 4.87. The summed E-state index contributed by atoms with van der Waals surface area (Å²) in [6.45, 7) is -0.498. The molecule has 1 aliphatic heterocycles. The third-order valence-corrected chi connectivity index (χ3v) is 5.07. The monoisotopic (exact) mass is 440 g/mol. The molecule has 13 heteroatoms. The van der Waals surface area contributed by atoms with E-state index in [1.807, 2.05) is 0 Å². The van der Waals surface area contributed by atoms with Crippen LogP contribution in [0.1, 0.15) is 17.9 Å². The van der Waals surface area contributed by atoms with Crippen molar-refractivity contribution >= 4 is 20.0 Å². The van der Waals surface area contributed by atoms with E-state index in [2.05, 4.69) is 4.98 Å². The summed E-state index contributed by atoms with van der Waals surface area (Å²) >= 11 is 0. The first-order chi connectivity index (χ1) is 14.3. The highest BCUT2D eigenvalue weighted by atomic mass is 31.1. The van der Waals surface area contributed by atoms with Gasteiger partial charge in [-0.3, -0.25) is 4.57 Å². The van der Waals surface area contributed by atoms with Gasteiger partial charge in [0.25, 0.3) is 0 Å². The van der Waals surface area contributed by atoms with Crippen LogP contribution in [0.5, 0.6) is 0 Å². The Kier molecular flexibility index (Phi) is 6.87. The number of carboxylic acids is 1. The number of nitrogens with two attached hydrogens (primary N) is 1. The van der Waals surface area contributed by atoms with Gasteiger partial charge in [-0.05, 0) is 11.6 Å². The van der Waals surface area contributed by atoms with E-state index in [1.54, 1.807) is 18.2 Å². The van der Waals surface area contributed by atoms with E-state index in [9.17, 15) is 29.5 Å². The Hall–Kier alpha value is -2.73. The summed E-state index contributed by atoms with van der Waals surface area (Å²) in [6, 6.07) is 9.17. The van der Waals surface area contributed by atoms with Crippen LogP contribution in [0.2, 0.25) is 0 Å². The van der Waals surface area contributed by atoms with Crippen LogP contribution in [0, 0.1) is 0 Å².